The van der Waals surface area contributed by atoms with E-state index >= 15 is 0 Å². The normalized spacial score (nSPS) is 17.8. The minimum absolute atomic E-state index is 0.0384. The number of nitrogens with zero attached hydrogens (tertiary/aromatic N) is 5. The van der Waals surface area contributed by atoms with Crippen molar-refractivity contribution in [1.29, 1.82) is 0 Å². The van der Waals surface area contributed by atoms with Crippen molar-refractivity contribution in [2.45, 2.75) is 45.1 Å². The summed E-state index contributed by atoms with van der Waals surface area (Å²) in [6.45, 7) is 3.62. The number of urea groups is 1. The van der Waals surface area contributed by atoms with Gasteiger partial charge in [-0.3, -0.25) is 4.79 Å². The minimum Gasteiger partial charge on any atom is -0.335 e. The molecular formula is C21H27FN6O2. The molecule has 2 heterocycles. The lowest BCUT2D eigenvalue weighted by Gasteiger charge is -2.35. The number of piperazine rings is 1. The molecule has 0 atom stereocenters. The zero-order chi connectivity index (χ0) is 21.1. The van der Waals surface area contributed by atoms with Gasteiger partial charge in [0.15, 0.2) is 0 Å². The lowest BCUT2D eigenvalue weighted by atomic mass is 9.96. The van der Waals surface area contributed by atoms with Crippen LogP contribution in [0.1, 0.15) is 48.5 Å². The van der Waals surface area contributed by atoms with Crippen molar-refractivity contribution in [1.82, 2.24) is 29.9 Å². The maximum absolute atomic E-state index is 13.2. The summed E-state index contributed by atoms with van der Waals surface area (Å²) in [5, 5.41) is 7.44. The molecule has 2 aliphatic rings. The van der Waals surface area contributed by atoms with Gasteiger partial charge in [-0.1, -0.05) is 19.3 Å². The van der Waals surface area contributed by atoms with Crippen LogP contribution >= 0.6 is 0 Å². The van der Waals surface area contributed by atoms with E-state index in [0.717, 1.165) is 12.8 Å². The third kappa shape index (κ3) is 4.44. The summed E-state index contributed by atoms with van der Waals surface area (Å²) in [6, 6.07) is 6.10. The van der Waals surface area contributed by atoms with Gasteiger partial charge in [0.1, 0.15) is 11.6 Å². The molecular weight excluding hydrogens is 387 g/mol. The number of nitrogens with one attached hydrogen (secondary N) is 1. The Bertz CT molecular complexity index is 899. The fourth-order valence-electron chi connectivity index (χ4n) is 4.07. The molecule has 9 heteroatoms. The van der Waals surface area contributed by atoms with Gasteiger partial charge in [0, 0.05) is 32.2 Å². The molecule has 1 aromatic heterocycles. The SMILES string of the molecule is Cc1nc(C(=O)N2CCN(C(=O)NC3CCCCC3)CC2)nn1-c1ccc(F)cc1. The predicted octanol–water partition coefficient (Wildman–Crippen LogP) is 2.51. The molecule has 0 radical (unpaired) electrons. The van der Waals surface area contributed by atoms with Crippen molar-refractivity contribution in [2.75, 3.05) is 26.2 Å². The number of aromatic nitrogens is 3. The Labute approximate surface area is 175 Å². The molecule has 1 saturated carbocycles. The van der Waals surface area contributed by atoms with Crippen LogP contribution in [-0.2, 0) is 0 Å². The van der Waals surface area contributed by atoms with E-state index in [1.807, 2.05) is 0 Å². The number of rotatable bonds is 3. The standard InChI is InChI=1S/C21H27FN6O2/c1-15-23-19(25-28(15)18-9-7-16(22)8-10-18)20(29)26-11-13-27(14-12-26)21(30)24-17-5-3-2-4-6-17/h7-10,17H,2-6,11-14H2,1H3,(H,24,30). The Hall–Kier alpha value is -2.97. The van der Waals surface area contributed by atoms with E-state index in [4.69, 9.17) is 0 Å². The number of amides is 3. The Balaban J connectivity index is 1.34. The van der Waals surface area contributed by atoms with E-state index in [1.54, 1.807) is 28.9 Å². The minimum atomic E-state index is -0.335. The van der Waals surface area contributed by atoms with E-state index in [0.29, 0.717) is 37.7 Å². The predicted molar refractivity (Wildman–Crippen MR) is 109 cm³/mol. The Kier molecular flexibility index (Phi) is 5.96. The van der Waals surface area contributed by atoms with Crippen molar-refractivity contribution >= 4 is 11.9 Å². The van der Waals surface area contributed by atoms with E-state index in [1.165, 1.54) is 36.1 Å². The van der Waals surface area contributed by atoms with Gasteiger partial charge in [0.05, 0.1) is 5.69 Å². The summed E-state index contributed by atoms with van der Waals surface area (Å²) in [5.74, 6) is 0.0666. The first-order valence-electron chi connectivity index (χ1n) is 10.6. The first kappa shape index (κ1) is 20.3. The molecule has 160 valence electrons. The molecule has 0 unspecified atom stereocenters. The number of carbonyl (C=O) groups is 2. The first-order chi connectivity index (χ1) is 14.5. The highest BCUT2D eigenvalue weighted by Crippen LogP contribution is 2.18. The number of benzene rings is 1. The topological polar surface area (TPSA) is 83.4 Å². The maximum atomic E-state index is 13.2. The van der Waals surface area contributed by atoms with Gasteiger partial charge in [-0.25, -0.2) is 18.9 Å². The summed E-state index contributed by atoms with van der Waals surface area (Å²) < 4.78 is 14.7. The number of hydrogen-bond acceptors (Lipinski definition) is 4. The molecule has 30 heavy (non-hydrogen) atoms. The zero-order valence-corrected chi connectivity index (χ0v) is 17.2. The molecule has 2 aromatic rings. The van der Waals surface area contributed by atoms with Crippen molar-refractivity contribution in [3.8, 4) is 5.69 Å². The molecule has 1 aliphatic carbocycles. The number of hydrogen-bond donors (Lipinski definition) is 1. The van der Waals surface area contributed by atoms with Gasteiger partial charge in [-0.2, -0.15) is 0 Å². The molecule has 1 saturated heterocycles. The largest absolute Gasteiger partial charge is 0.335 e. The number of carbonyl (C=O) groups excluding carboxylic acids is 2. The summed E-state index contributed by atoms with van der Waals surface area (Å²) in [5.41, 5.74) is 0.643. The van der Waals surface area contributed by atoms with E-state index in [9.17, 15) is 14.0 Å². The molecule has 0 bridgehead atoms. The molecule has 1 aromatic carbocycles. The van der Waals surface area contributed by atoms with Crippen LogP contribution in [0.2, 0.25) is 0 Å². The van der Waals surface area contributed by atoms with Crippen LogP contribution in [0.25, 0.3) is 5.69 Å². The Morgan fingerprint density at radius 2 is 1.63 bits per heavy atom. The third-order valence-corrected chi connectivity index (χ3v) is 5.82. The second kappa shape index (κ2) is 8.81. The molecule has 1 aliphatic heterocycles. The van der Waals surface area contributed by atoms with Crippen molar-refractivity contribution in [2.24, 2.45) is 0 Å². The van der Waals surface area contributed by atoms with Gasteiger partial charge >= 0.3 is 6.03 Å². The molecule has 0 spiro atoms. The highest BCUT2D eigenvalue weighted by Gasteiger charge is 2.28. The van der Waals surface area contributed by atoms with Crippen LogP contribution in [0.4, 0.5) is 9.18 Å². The van der Waals surface area contributed by atoms with Crippen LogP contribution in [0.15, 0.2) is 24.3 Å². The monoisotopic (exact) mass is 414 g/mol. The summed E-state index contributed by atoms with van der Waals surface area (Å²) in [4.78, 5) is 33.1. The van der Waals surface area contributed by atoms with Crippen LogP contribution in [0.3, 0.4) is 0 Å². The van der Waals surface area contributed by atoms with Gasteiger partial charge < -0.3 is 15.1 Å². The summed E-state index contributed by atoms with van der Waals surface area (Å²) in [6.07, 6.45) is 5.68. The van der Waals surface area contributed by atoms with Gasteiger partial charge in [-0.05, 0) is 44.0 Å². The maximum Gasteiger partial charge on any atom is 0.317 e. The van der Waals surface area contributed by atoms with Gasteiger partial charge in [0.2, 0.25) is 5.82 Å². The van der Waals surface area contributed by atoms with Crippen molar-refractivity contribution in [3.63, 3.8) is 0 Å². The van der Waals surface area contributed by atoms with Crippen LogP contribution in [-0.4, -0.2) is 68.7 Å². The van der Waals surface area contributed by atoms with Crippen molar-refractivity contribution < 1.29 is 14.0 Å². The molecule has 4 rings (SSSR count). The van der Waals surface area contributed by atoms with Crippen LogP contribution < -0.4 is 5.32 Å². The average Bonchev–Trinajstić information content (AvgIpc) is 3.16. The van der Waals surface area contributed by atoms with Crippen molar-refractivity contribution in [3.05, 3.63) is 41.7 Å². The smallest absolute Gasteiger partial charge is 0.317 e. The fraction of sp³-hybridized carbons (Fsp3) is 0.524. The average molecular weight is 414 g/mol. The lowest BCUT2D eigenvalue weighted by Crippen LogP contribution is -2.54. The highest BCUT2D eigenvalue weighted by molar-refractivity contribution is 5.90. The first-order valence-corrected chi connectivity index (χ1v) is 10.6. The second-order valence-corrected chi connectivity index (χ2v) is 7.93. The third-order valence-electron chi connectivity index (χ3n) is 5.82. The number of aryl methyl sites for hydroxylation is 1. The van der Waals surface area contributed by atoms with E-state index in [2.05, 4.69) is 15.4 Å². The van der Waals surface area contributed by atoms with Gasteiger partial charge in [-0.15, -0.1) is 5.10 Å². The molecule has 8 nitrogen and oxygen atoms in total. The highest BCUT2D eigenvalue weighted by atomic mass is 19.1. The molecule has 3 amide bonds. The van der Waals surface area contributed by atoms with Crippen LogP contribution in [0, 0.1) is 12.7 Å². The van der Waals surface area contributed by atoms with Crippen LogP contribution in [0.5, 0.6) is 0 Å². The molecule has 2 fully saturated rings. The second-order valence-electron chi connectivity index (χ2n) is 7.93. The fourth-order valence-corrected chi connectivity index (χ4v) is 4.07. The molecule has 1 N–H and O–H groups in total. The Morgan fingerprint density at radius 1 is 1.00 bits per heavy atom. The summed E-state index contributed by atoms with van der Waals surface area (Å²) in [7, 11) is 0. The van der Waals surface area contributed by atoms with Gasteiger partial charge in [0.25, 0.3) is 5.91 Å². The van der Waals surface area contributed by atoms with E-state index < -0.39 is 0 Å². The Morgan fingerprint density at radius 3 is 2.30 bits per heavy atom. The van der Waals surface area contributed by atoms with E-state index in [-0.39, 0.29) is 29.6 Å². The quantitative estimate of drug-likeness (QED) is 0.837. The summed E-state index contributed by atoms with van der Waals surface area (Å²) >= 11 is 0. The lowest BCUT2D eigenvalue weighted by molar-refractivity contribution is 0.0650. The number of halogens is 1. The zero-order valence-electron chi connectivity index (χ0n) is 17.2.